The fourth-order valence-electron chi connectivity index (χ4n) is 5.95. The topological polar surface area (TPSA) is 52.6 Å². The normalized spacial score (nSPS) is 13.4. The highest BCUT2D eigenvalue weighted by atomic mass is 16.5. The zero-order chi connectivity index (χ0) is 30.9. The second kappa shape index (κ2) is 26.6. The van der Waals surface area contributed by atoms with Crippen LogP contribution >= 0.6 is 0 Å². The van der Waals surface area contributed by atoms with Gasteiger partial charge in [0.2, 0.25) is 0 Å². The first-order valence-electron chi connectivity index (χ1n) is 17.9. The Morgan fingerprint density at radius 1 is 0.463 bits per heavy atom. The van der Waals surface area contributed by atoms with E-state index in [2.05, 4.69) is 55.4 Å². The SMILES string of the molecule is CC(C)CCCCOC(=O)CCCCCCCCCCCCCC(C(C)C)C(C(=O)OCCCCC(C)C)C(C)C. The van der Waals surface area contributed by atoms with Crippen LogP contribution in [0.25, 0.3) is 0 Å². The summed E-state index contributed by atoms with van der Waals surface area (Å²) in [5.74, 6) is 2.73. The van der Waals surface area contributed by atoms with Gasteiger partial charge in [0.25, 0.3) is 0 Å². The average molecular weight is 581 g/mol. The maximum absolute atomic E-state index is 13.0. The van der Waals surface area contributed by atoms with Crippen molar-refractivity contribution in [2.24, 2.45) is 35.5 Å². The van der Waals surface area contributed by atoms with E-state index < -0.39 is 0 Å². The second-order valence-electron chi connectivity index (χ2n) is 14.3. The van der Waals surface area contributed by atoms with Crippen LogP contribution in [-0.4, -0.2) is 25.2 Å². The van der Waals surface area contributed by atoms with E-state index in [0.29, 0.717) is 43.3 Å². The van der Waals surface area contributed by atoms with Gasteiger partial charge in [-0.2, -0.15) is 0 Å². The van der Waals surface area contributed by atoms with Crippen molar-refractivity contribution >= 4 is 11.9 Å². The Kier molecular flexibility index (Phi) is 25.9. The van der Waals surface area contributed by atoms with Crippen molar-refractivity contribution in [3.8, 4) is 0 Å². The first-order valence-corrected chi connectivity index (χ1v) is 17.9. The van der Waals surface area contributed by atoms with E-state index in [1.165, 1.54) is 70.6 Å². The molecule has 0 aliphatic rings. The molecular formula is C37H72O4. The third-order valence-corrected chi connectivity index (χ3v) is 8.59. The lowest BCUT2D eigenvalue weighted by Crippen LogP contribution is -2.33. The maximum Gasteiger partial charge on any atom is 0.309 e. The molecule has 0 radical (unpaired) electrons. The molecule has 4 nitrogen and oxygen atoms in total. The van der Waals surface area contributed by atoms with E-state index in [-0.39, 0.29) is 17.9 Å². The number of hydrogen-bond donors (Lipinski definition) is 0. The van der Waals surface area contributed by atoms with Gasteiger partial charge >= 0.3 is 11.9 Å². The lowest BCUT2D eigenvalue weighted by atomic mass is 9.74. The number of carbonyl (C=O) groups excluding carboxylic acids is 2. The highest BCUT2D eigenvalue weighted by Gasteiger charge is 2.33. The predicted molar refractivity (Wildman–Crippen MR) is 176 cm³/mol. The zero-order valence-corrected chi connectivity index (χ0v) is 28.9. The zero-order valence-electron chi connectivity index (χ0n) is 28.9. The summed E-state index contributed by atoms with van der Waals surface area (Å²) in [5.41, 5.74) is 0. The number of ether oxygens (including phenoxy) is 2. The minimum absolute atomic E-state index is 0.0126. The first kappa shape index (κ1) is 39.9. The quantitative estimate of drug-likeness (QED) is 0.0682. The molecule has 0 N–H and O–H groups in total. The van der Waals surface area contributed by atoms with Gasteiger partial charge in [-0.25, -0.2) is 0 Å². The van der Waals surface area contributed by atoms with Gasteiger partial charge in [-0.05, 0) is 68.1 Å². The van der Waals surface area contributed by atoms with E-state index >= 15 is 0 Å². The molecule has 0 bridgehead atoms. The van der Waals surface area contributed by atoms with Crippen LogP contribution in [0.2, 0.25) is 0 Å². The molecule has 0 aliphatic carbocycles. The third-order valence-electron chi connectivity index (χ3n) is 8.59. The summed E-state index contributed by atoms with van der Waals surface area (Å²) in [4.78, 5) is 24.8. The van der Waals surface area contributed by atoms with Crippen LogP contribution in [0.3, 0.4) is 0 Å². The molecule has 2 unspecified atom stereocenters. The molecule has 0 aliphatic heterocycles. The van der Waals surface area contributed by atoms with E-state index in [0.717, 1.165) is 50.9 Å². The van der Waals surface area contributed by atoms with Crippen LogP contribution in [0.4, 0.5) is 0 Å². The summed E-state index contributed by atoms with van der Waals surface area (Å²) in [6.07, 6.45) is 22.1. The Labute approximate surface area is 256 Å². The van der Waals surface area contributed by atoms with Gasteiger partial charge < -0.3 is 9.47 Å². The van der Waals surface area contributed by atoms with Gasteiger partial charge in [0.1, 0.15) is 0 Å². The number of carbonyl (C=O) groups is 2. The summed E-state index contributed by atoms with van der Waals surface area (Å²) >= 11 is 0. The van der Waals surface area contributed by atoms with E-state index in [4.69, 9.17) is 9.47 Å². The molecule has 0 rings (SSSR count). The molecular weight excluding hydrogens is 508 g/mol. The molecule has 0 aromatic heterocycles. The summed E-state index contributed by atoms with van der Waals surface area (Å²) in [6, 6.07) is 0. The molecule has 4 heteroatoms. The molecule has 0 fully saturated rings. The molecule has 0 spiro atoms. The summed E-state index contributed by atoms with van der Waals surface area (Å²) in [7, 11) is 0. The highest BCUT2D eigenvalue weighted by Crippen LogP contribution is 2.33. The van der Waals surface area contributed by atoms with Crippen LogP contribution in [0.15, 0.2) is 0 Å². The van der Waals surface area contributed by atoms with Crippen LogP contribution < -0.4 is 0 Å². The lowest BCUT2D eigenvalue weighted by molar-refractivity contribution is -0.153. The summed E-state index contributed by atoms with van der Waals surface area (Å²) in [5, 5.41) is 0. The Bertz CT molecular complexity index is 610. The van der Waals surface area contributed by atoms with Crippen LogP contribution in [-0.2, 0) is 19.1 Å². The minimum Gasteiger partial charge on any atom is -0.466 e. The van der Waals surface area contributed by atoms with Gasteiger partial charge in [0.05, 0.1) is 19.1 Å². The minimum atomic E-state index is -0.0126. The molecule has 41 heavy (non-hydrogen) atoms. The number of rotatable bonds is 28. The average Bonchev–Trinajstić information content (AvgIpc) is 2.89. The fourth-order valence-corrected chi connectivity index (χ4v) is 5.95. The standard InChI is InChI=1S/C37H72O4/c1-30(2)24-20-22-28-40-35(38)27-19-17-15-13-11-9-10-12-14-16-18-26-34(32(5)6)36(33(7)8)37(39)41-29-23-21-25-31(3)4/h30-34,36H,9-29H2,1-8H3. The van der Waals surface area contributed by atoms with Crippen LogP contribution in [0.1, 0.15) is 177 Å². The molecule has 0 amide bonds. The van der Waals surface area contributed by atoms with Crippen molar-refractivity contribution < 1.29 is 19.1 Å². The van der Waals surface area contributed by atoms with Gasteiger partial charge in [0, 0.05) is 6.42 Å². The molecule has 0 heterocycles. The Balaban J connectivity index is 3.87. The Morgan fingerprint density at radius 3 is 1.32 bits per heavy atom. The van der Waals surface area contributed by atoms with Gasteiger partial charge in [0.15, 0.2) is 0 Å². The Hall–Kier alpha value is -1.06. The summed E-state index contributed by atoms with van der Waals surface area (Å²) < 4.78 is 11.1. The fraction of sp³-hybridized carbons (Fsp3) is 0.946. The monoisotopic (exact) mass is 581 g/mol. The van der Waals surface area contributed by atoms with Gasteiger partial charge in [-0.1, -0.05) is 132 Å². The molecule has 0 saturated carbocycles. The number of hydrogen-bond acceptors (Lipinski definition) is 4. The van der Waals surface area contributed by atoms with Crippen molar-refractivity contribution in [1.29, 1.82) is 0 Å². The largest absolute Gasteiger partial charge is 0.466 e. The maximum atomic E-state index is 13.0. The Morgan fingerprint density at radius 2 is 0.878 bits per heavy atom. The van der Waals surface area contributed by atoms with Crippen molar-refractivity contribution in [2.75, 3.05) is 13.2 Å². The molecule has 0 aromatic rings. The van der Waals surface area contributed by atoms with Crippen molar-refractivity contribution in [2.45, 2.75) is 177 Å². The van der Waals surface area contributed by atoms with Crippen LogP contribution in [0.5, 0.6) is 0 Å². The van der Waals surface area contributed by atoms with Crippen molar-refractivity contribution in [3.63, 3.8) is 0 Å². The molecule has 244 valence electrons. The number of unbranched alkanes of at least 4 members (excludes halogenated alkanes) is 12. The first-order chi connectivity index (χ1) is 19.6. The van der Waals surface area contributed by atoms with Crippen molar-refractivity contribution in [3.05, 3.63) is 0 Å². The summed E-state index contributed by atoms with van der Waals surface area (Å²) in [6.45, 7) is 19.1. The predicted octanol–water partition coefficient (Wildman–Crippen LogP) is 11.3. The van der Waals surface area contributed by atoms with E-state index in [1.807, 2.05) is 0 Å². The highest BCUT2D eigenvalue weighted by molar-refractivity contribution is 5.73. The van der Waals surface area contributed by atoms with Gasteiger partial charge in [-0.15, -0.1) is 0 Å². The van der Waals surface area contributed by atoms with Gasteiger partial charge in [-0.3, -0.25) is 9.59 Å². The van der Waals surface area contributed by atoms with Crippen molar-refractivity contribution in [1.82, 2.24) is 0 Å². The smallest absolute Gasteiger partial charge is 0.309 e. The molecule has 2 atom stereocenters. The second-order valence-corrected chi connectivity index (χ2v) is 14.3. The van der Waals surface area contributed by atoms with E-state index in [9.17, 15) is 9.59 Å². The van der Waals surface area contributed by atoms with Crippen LogP contribution in [0, 0.1) is 35.5 Å². The molecule has 0 saturated heterocycles. The molecule has 0 aromatic carbocycles. The lowest BCUT2D eigenvalue weighted by Gasteiger charge is -2.31. The van der Waals surface area contributed by atoms with E-state index in [1.54, 1.807) is 0 Å². The number of esters is 2. The third kappa shape index (κ3) is 24.1.